The molecule has 2 fully saturated rings. The molecule has 0 aliphatic carbocycles. The van der Waals surface area contributed by atoms with E-state index in [1.54, 1.807) is 0 Å². The molecular formula is C18H31N3O3. The van der Waals surface area contributed by atoms with Crippen LogP contribution in [0, 0.1) is 11.3 Å². The Labute approximate surface area is 145 Å². The Morgan fingerprint density at radius 1 is 1.00 bits per heavy atom. The number of likely N-dealkylation sites (tertiary alicyclic amines) is 1. The SMILES string of the molecule is C[C@@H](CC(=O)N1CCN(CCN2C(=O)CCC2=O)CC1)C(C)(C)C. The highest BCUT2D eigenvalue weighted by Gasteiger charge is 2.30. The summed E-state index contributed by atoms with van der Waals surface area (Å²) in [6, 6.07) is 0. The Morgan fingerprint density at radius 3 is 2.04 bits per heavy atom. The molecule has 0 N–H and O–H groups in total. The van der Waals surface area contributed by atoms with Crippen LogP contribution in [0.4, 0.5) is 0 Å². The second-order valence-electron chi connectivity index (χ2n) is 8.13. The van der Waals surface area contributed by atoms with E-state index >= 15 is 0 Å². The average molecular weight is 337 g/mol. The minimum Gasteiger partial charge on any atom is -0.340 e. The number of nitrogens with zero attached hydrogens (tertiary/aromatic N) is 3. The second-order valence-corrected chi connectivity index (χ2v) is 8.13. The van der Waals surface area contributed by atoms with Crippen LogP contribution in [0.3, 0.4) is 0 Å². The molecule has 0 bridgehead atoms. The van der Waals surface area contributed by atoms with Gasteiger partial charge in [-0.25, -0.2) is 0 Å². The molecule has 2 aliphatic rings. The minimum atomic E-state index is -0.0509. The zero-order valence-corrected chi connectivity index (χ0v) is 15.5. The molecule has 2 saturated heterocycles. The number of hydrogen-bond acceptors (Lipinski definition) is 4. The van der Waals surface area contributed by atoms with E-state index in [1.165, 1.54) is 4.90 Å². The third kappa shape index (κ3) is 4.79. The molecular weight excluding hydrogens is 306 g/mol. The van der Waals surface area contributed by atoms with Gasteiger partial charge in [-0.15, -0.1) is 0 Å². The Balaban J connectivity index is 1.72. The molecule has 2 heterocycles. The highest BCUT2D eigenvalue weighted by atomic mass is 16.2. The summed E-state index contributed by atoms with van der Waals surface area (Å²) in [6.45, 7) is 12.9. The fraction of sp³-hybridized carbons (Fsp3) is 0.833. The van der Waals surface area contributed by atoms with Crippen LogP contribution in [-0.4, -0.2) is 71.7 Å². The highest BCUT2D eigenvalue weighted by molar-refractivity contribution is 6.01. The van der Waals surface area contributed by atoms with E-state index in [4.69, 9.17) is 0 Å². The topological polar surface area (TPSA) is 60.9 Å². The lowest BCUT2D eigenvalue weighted by Gasteiger charge is -2.36. The average Bonchev–Trinajstić information content (AvgIpc) is 2.83. The number of carbonyl (C=O) groups excluding carboxylic acids is 3. The van der Waals surface area contributed by atoms with Crippen molar-refractivity contribution in [3.63, 3.8) is 0 Å². The number of rotatable bonds is 5. The van der Waals surface area contributed by atoms with Crippen molar-refractivity contribution in [3.8, 4) is 0 Å². The molecule has 0 aromatic carbocycles. The lowest BCUT2D eigenvalue weighted by atomic mass is 9.80. The Kier molecular flexibility index (Phi) is 6.01. The van der Waals surface area contributed by atoms with Gasteiger partial charge in [0.15, 0.2) is 0 Å². The summed E-state index contributed by atoms with van der Waals surface area (Å²) in [4.78, 5) is 41.2. The fourth-order valence-corrected chi connectivity index (χ4v) is 3.03. The minimum absolute atomic E-state index is 0.0509. The van der Waals surface area contributed by atoms with Crippen molar-refractivity contribution in [1.29, 1.82) is 0 Å². The molecule has 2 rings (SSSR count). The molecule has 2 aliphatic heterocycles. The van der Waals surface area contributed by atoms with Crippen LogP contribution in [0.2, 0.25) is 0 Å². The first-order chi connectivity index (χ1) is 11.2. The van der Waals surface area contributed by atoms with E-state index in [1.807, 2.05) is 4.90 Å². The predicted octanol–water partition coefficient (Wildman–Crippen LogP) is 1.35. The van der Waals surface area contributed by atoms with Crippen LogP contribution >= 0.6 is 0 Å². The molecule has 24 heavy (non-hydrogen) atoms. The van der Waals surface area contributed by atoms with Crippen molar-refractivity contribution in [1.82, 2.24) is 14.7 Å². The molecule has 0 spiro atoms. The molecule has 0 aromatic rings. The van der Waals surface area contributed by atoms with Crippen molar-refractivity contribution in [2.24, 2.45) is 11.3 Å². The molecule has 3 amide bonds. The number of imide groups is 1. The first-order valence-electron chi connectivity index (χ1n) is 9.02. The van der Waals surface area contributed by atoms with Crippen LogP contribution in [0.1, 0.15) is 47.0 Å². The monoisotopic (exact) mass is 337 g/mol. The molecule has 0 saturated carbocycles. The van der Waals surface area contributed by atoms with Gasteiger partial charge in [0.1, 0.15) is 0 Å². The van der Waals surface area contributed by atoms with Gasteiger partial charge in [0.2, 0.25) is 17.7 Å². The summed E-state index contributed by atoms with van der Waals surface area (Å²) < 4.78 is 0. The third-order valence-corrected chi connectivity index (χ3v) is 5.48. The lowest BCUT2D eigenvalue weighted by molar-refractivity contribution is -0.138. The molecule has 6 heteroatoms. The summed E-state index contributed by atoms with van der Waals surface area (Å²) in [5, 5.41) is 0. The van der Waals surface area contributed by atoms with Gasteiger partial charge in [0, 0.05) is 58.5 Å². The predicted molar refractivity (Wildman–Crippen MR) is 92.2 cm³/mol. The molecule has 0 unspecified atom stereocenters. The van der Waals surface area contributed by atoms with Gasteiger partial charge in [-0.2, -0.15) is 0 Å². The van der Waals surface area contributed by atoms with Crippen molar-refractivity contribution < 1.29 is 14.4 Å². The summed E-state index contributed by atoms with van der Waals surface area (Å²) in [6.07, 6.45) is 1.31. The fourth-order valence-electron chi connectivity index (χ4n) is 3.03. The Bertz CT molecular complexity index is 474. The molecule has 0 aromatic heterocycles. The maximum Gasteiger partial charge on any atom is 0.229 e. The van der Waals surface area contributed by atoms with E-state index < -0.39 is 0 Å². The molecule has 6 nitrogen and oxygen atoms in total. The largest absolute Gasteiger partial charge is 0.340 e. The van der Waals surface area contributed by atoms with Crippen LogP contribution in [0.25, 0.3) is 0 Å². The molecule has 1 atom stereocenters. The van der Waals surface area contributed by atoms with Crippen molar-refractivity contribution in [2.75, 3.05) is 39.3 Å². The number of carbonyl (C=O) groups is 3. The quantitative estimate of drug-likeness (QED) is 0.711. The van der Waals surface area contributed by atoms with Gasteiger partial charge in [-0.3, -0.25) is 24.2 Å². The third-order valence-electron chi connectivity index (χ3n) is 5.48. The molecule has 0 radical (unpaired) electrons. The maximum absolute atomic E-state index is 12.4. The van der Waals surface area contributed by atoms with Gasteiger partial charge in [0.25, 0.3) is 0 Å². The Morgan fingerprint density at radius 2 is 1.54 bits per heavy atom. The summed E-state index contributed by atoms with van der Waals surface area (Å²) in [5.41, 5.74) is 0.145. The molecule has 136 valence electrons. The normalized spacial score (nSPS) is 21.5. The highest BCUT2D eigenvalue weighted by Crippen LogP contribution is 2.28. The number of amides is 3. The summed E-state index contributed by atoms with van der Waals surface area (Å²) >= 11 is 0. The van der Waals surface area contributed by atoms with Gasteiger partial charge in [-0.1, -0.05) is 27.7 Å². The van der Waals surface area contributed by atoms with E-state index in [9.17, 15) is 14.4 Å². The van der Waals surface area contributed by atoms with E-state index in [0.29, 0.717) is 38.3 Å². The van der Waals surface area contributed by atoms with Crippen LogP contribution in [-0.2, 0) is 14.4 Å². The van der Waals surface area contributed by atoms with Gasteiger partial charge < -0.3 is 4.90 Å². The maximum atomic E-state index is 12.4. The lowest BCUT2D eigenvalue weighted by Crippen LogP contribution is -2.51. The summed E-state index contributed by atoms with van der Waals surface area (Å²) in [5.74, 6) is 0.493. The number of piperazine rings is 1. The van der Waals surface area contributed by atoms with Gasteiger partial charge in [0.05, 0.1) is 0 Å². The van der Waals surface area contributed by atoms with E-state index in [-0.39, 0.29) is 23.1 Å². The van der Waals surface area contributed by atoms with Crippen molar-refractivity contribution in [2.45, 2.75) is 47.0 Å². The zero-order chi connectivity index (χ0) is 17.9. The van der Waals surface area contributed by atoms with Crippen LogP contribution < -0.4 is 0 Å². The van der Waals surface area contributed by atoms with E-state index in [0.717, 1.165) is 26.2 Å². The van der Waals surface area contributed by atoms with Gasteiger partial charge >= 0.3 is 0 Å². The number of hydrogen-bond donors (Lipinski definition) is 0. The second kappa shape index (κ2) is 7.64. The first kappa shape index (κ1) is 18.9. The summed E-state index contributed by atoms with van der Waals surface area (Å²) in [7, 11) is 0. The van der Waals surface area contributed by atoms with Crippen LogP contribution in [0.5, 0.6) is 0 Å². The standard InChI is InChI=1S/C18H31N3O3/c1-14(18(2,3)4)13-17(24)20-10-7-19(8-11-20)9-12-21-15(22)5-6-16(21)23/h14H,5-13H2,1-4H3/t14-/m0/s1. The van der Waals surface area contributed by atoms with Gasteiger partial charge in [-0.05, 0) is 11.3 Å². The first-order valence-corrected chi connectivity index (χ1v) is 9.02. The van der Waals surface area contributed by atoms with Crippen LogP contribution in [0.15, 0.2) is 0 Å². The van der Waals surface area contributed by atoms with Crippen molar-refractivity contribution >= 4 is 17.7 Å². The smallest absolute Gasteiger partial charge is 0.229 e. The van der Waals surface area contributed by atoms with E-state index in [2.05, 4.69) is 32.6 Å². The van der Waals surface area contributed by atoms with Crippen molar-refractivity contribution in [3.05, 3.63) is 0 Å². The zero-order valence-electron chi connectivity index (χ0n) is 15.5. The Hall–Kier alpha value is -1.43.